The molecular weight excluding hydrogens is 704 g/mol. The van der Waals surface area contributed by atoms with Gasteiger partial charge in [-0.25, -0.2) is 12.6 Å². The Morgan fingerprint density at radius 1 is 0.889 bits per heavy atom. The van der Waals surface area contributed by atoms with Crippen LogP contribution < -0.4 is 5.32 Å². The Balaban J connectivity index is 2.25. The number of phenolic OH excluding ortho intramolecular Hbond substituents is 1. The van der Waals surface area contributed by atoms with Crippen molar-refractivity contribution in [2.24, 2.45) is 10.2 Å². The zero-order valence-corrected chi connectivity index (χ0v) is 25.2. The Labute approximate surface area is 251 Å². The molecule has 1 amide bonds. The number of aromatic hydroxyl groups is 1. The first-order valence-electron chi connectivity index (χ1n) is 11.3. The van der Waals surface area contributed by atoms with Crippen LogP contribution in [0.25, 0.3) is 10.8 Å². The van der Waals surface area contributed by atoms with E-state index in [0.717, 1.165) is 6.92 Å². The Kier molecular flexibility index (Phi) is 9.68. The van der Waals surface area contributed by atoms with Crippen LogP contribution >= 0.6 is 0 Å². The van der Waals surface area contributed by atoms with Gasteiger partial charge in [-0.3, -0.25) is 18.5 Å². The number of rotatable bonds is 10. The summed E-state index contributed by atoms with van der Waals surface area (Å²) in [6.07, 6.45) is -5.37. The van der Waals surface area contributed by atoms with Crippen molar-refractivity contribution in [1.29, 1.82) is 0 Å². The van der Waals surface area contributed by atoms with Gasteiger partial charge in [-0.2, -0.15) is 43.5 Å². The Morgan fingerprint density at radius 2 is 1.51 bits per heavy atom. The van der Waals surface area contributed by atoms with Crippen LogP contribution in [0.1, 0.15) is 12.5 Å². The van der Waals surface area contributed by atoms with Crippen molar-refractivity contribution < 1.29 is 74.6 Å². The van der Waals surface area contributed by atoms with Crippen LogP contribution in [0.2, 0.25) is 0 Å². The van der Waals surface area contributed by atoms with E-state index in [2.05, 4.69) is 19.7 Å². The third-order valence-corrected chi connectivity index (χ3v) is 9.36. The second kappa shape index (κ2) is 12.2. The maximum Gasteiger partial charge on any atom is 0.417 e. The first-order valence-corrected chi connectivity index (χ1v) is 17.2. The van der Waals surface area contributed by atoms with Crippen molar-refractivity contribution in [3.8, 4) is 5.75 Å². The van der Waals surface area contributed by atoms with E-state index in [0.29, 0.717) is 30.3 Å². The molecule has 17 nitrogen and oxygen atoms in total. The molecule has 0 saturated heterocycles. The number of alkyl halides is 3. The molecule has 0 atom stereocenters. The number of carbonyl (C=O) groups excluding carboxylic acids is 1. The van der Waals surface area contributed by atoms with Crippen LogP contribution in [0.15, 0.2) is 61.3 Å². The number of carbonyl (C=O) groups is 1. The van der Waals surface area contributed by atoms with Crippen molar-refractivity contribution in [3.63, 3.8) is 0 Å². The molecule has 45 heavy (non-hydrogen) atoms. The molecule has 0 fully saturated rings. The molecule has 0 aromatic heterocycles. The van der Waals surface area contributed by atoms with E-state index in [1.807, 2.05) is 0 Å². The summed E-state index contributed by atoms with van der Waals surface area (Å²) in [7, 11) is -20.4. The van der Waals surface area contributed by atoms with Gasteiger partial charge in [0.1, 0.15) is 10.6 Å². The number of halogens is 3. The lowest BCUT2D eigenvalue weighted by atomic mass is 10.1. The van der Waals surface area contributed by atoms with Gasteiger partial charge in [-0.1, -0.05) is 0 Å². The lowest BCUT2D eigenvalue weighted by Gasteiger charge is -2.15. The summed E-state index contributed by atoms with van der Waals surface area (Å²) < 4.78 is 167. The predicted octanol–water partition coefficient (Wildman–Crippen LogP) is 3.02. The summed E-state index contributed by atoms with van der Waals surface area (Å²) >= 11 is 0. The highest BCUT2D eigenvalue weighted by Gasteiger charge is 2.37. The molecule has 0 unspecified atom stereocenters. The van der Waals surface area contributed by atoms with E-state index < -0.39 is 119 Å². The lowest BCUT2D eigenvalue weighted by molar-refractivity contribution is -0.139. The van der Waals surface area contributed by atoms with E-state index in [-0.39, 0.29) is 6.07 Å². The standard InChI is InChI=1S/C21H18F3N3O14S4/c1-10(28)25-15-9-13(43(32,33)34)6-11-7-17(44(35,36)37)19(20(29)18(11)15)27-26-12-2-3-16(14(8-12)21(22,23)24)42(30,31)5-4-41-45(38,39)40/h2-3,6-9,29H,4-5H2,1H3,(H,25,28)(H,32,33,34)(H,35,36,37)(H,38,39,40). The summed E-state index contributed by atoms with van der Waals surface area (Å²) in [4.78, 5) is 8.20. The first-order chi connectivity index (χ1) is 20.3. The molecule has 0 aliphatic heterocycles. The maximum absolute atomic E-state index is 13.8. The van der Waals surface area contributed by atoms with Gasteiger partial charge in [0.05, 0.1) is 39.1 Å². The van der Waals surface area contributed by atoms with Crippen molar-refractivity contribution in [2.75, 3.05) is 17.7 Å². The Morgan fingerprint density at radius 3 is 2.02 bits per heavy atom. The molecule has 24 heteroatoms. The number of fused-ring (bicyclic) bond motifs is 1. The van der Waals surface area contributed by atoms with Gasteiger partial charge >= 0.3 is 16.6 Å². The molecule has 3 aromatic carbocycles. The summed E-state index contributed by atoms with van der Waals surface area (Å²) in [6, 6.07) is 3.07. The fourth-order valence-electron chi connectivity index (χ4n) is 3.73. The van der Waals surface area contributed by atoms with Crippen LogP contribution in [-0.4, -0.2) is 70.7 Å². The predicted molar refractivity (Wildman–Crippen MR) is 145 cm³/mol. The molecule has 0 heterocycles. The third-order valence-electron chi connectivity index (χ3n) is 5.46. The van der Waals surface area contributed by atoms with E-state index in [1.165, 1.54) is 0 Å². The van der Waals surface area contributed by atoms with E-state index in [1.54, 1.807) is 0 Å². The van der Waals surface area contributed by atoms with Gasteiger partial charge in [-0.05, 0) is 41.8 Å². The number of nitrogens with one attached hydrogen (secondary N) is 1. The Hall–Kier alpha value is -3.78. The normalized spacial score (nSPS) is 13.4. The largest absolute Gasteiger partial charge is 0.505 e. The van der Waals surface area contributed by atoms with E-state index >= 15 is 0 Å². The smallest absolute Gasteiger partial charge is 0.417 e. The number of hydrogen-bond donors (Lipinski definition) is 5. The zero-order chi connectivity index (χ0) is 34.3. The second-order valence-corrected chi connectivity index (χ2v) is 14.7. The molecule has 0 spiro atoms. The van der Waals surface area contributed by atoms with E-state index in [4.69, 9.17) is 4.55 Å². The van der Waals surface area contributed by atoms with Crippen LogP contribution in [-0.2, 0) is 55.6 Å². The highest BCUT2D eigenvalue weighted by molar-refractivity contribution is 7.91. The monoisotopic (exact) mass is 721 g/mol. The summed E-state index contributed by atoms with van der Waals surface area (Å²) in [6.45, 7) is -0.286. The zero-order valence-electron chi connectivity index (χ0n) is 21.9. The molecule has 3 rings (SSSR count). The SMILES string of the molecule is CC(=O)Nc1cc(S(=O)(=O)O)cc2cc(S(=O)(=O)O)c(N=Nc3ccc(S(=O)(=O)CCOS(=O)(=O)O)c(C(F)(F)F)c3)c(O)c12. The molecule has 3 aromatic rings. The van der Waals surface area contributed by atoms with Crippen molar-refractivity contribution in [2.45, 2.75) is 27.8 Å². The lowest BCUT2D eigenvalue weighted by Crippen LogP contribution is -2.19. The van der Waals surface area contributed by atoms with Gasteiger partial charge in [-0.15, -0.1) is 5.11 Å². The van der Waals surface area contributed by atoms with Crippen LogP contribution in [0.3, 0.4) is 0 Å². The number of azo groups is 1. The average Bonchev–Trinajstić information content (AvgIpc) is 2.84. The van der Waals surface area contributed by atoms with Gasteiger partial charge in [0.2, 0.25) is 5.91 Å². The van der Waals surface area contributed by atoms with Gasteiger partial charge in [0.15, 0.2) is 15.6 Å². The molecule has 0 aliphatic rings. The van der Waals surface area contributed by atoms with Crippen molar-refractivity contribution in [3.05, 3.63) is 42.0 Å². The second-order valence-electron chi connectivity index (χ2n) is 8.72. The van der Waals surface area contributed by atoms with E-state index in [9.17, 15) is 65.8 Å². The number of nitrogens with zero attached hydrogens (tertiary/aromatic N) is 2. The Bertz CT molecular complexity index is 2180. The van der Waals surface area contributed by atoms with Gasteiger partial charge < -0.3 is 10.4 Å². The number of benzene rings is 3. The molecule has 246 valence electrons. The third kappa shape index (κ3) is 8.69. The van der Waals surface area contributed by atoms with Crippen LogP contribution in [0.4, 0.5) is 30.2 Å². The van der Waals surface area contributed by atoms with Crippen LogP contribution in [0.5, 0.6) is 5.75 Å². The van der Waals surface area contributed by atoms with Crippen molar-refractivity contribution in [1.82, 2.24) is 0 Å². The minimum atomic E-state index is -5.37. The van der Waals surface area contributed by atoms with Crippen molar-refractivity contribution >= 4 is 74.2 Å². The van der Waals surface area contributed by atoms with Gasteiger partial charge in [0, 0.05) is 12.3 Å². The van der Waals surface area contributed by atoms with Gasteiger partial charge in [0.25, 0.3) is 20.2 Å². The first kappa shape index (κ1) is 35.7. The molecule has 0 bridgehead atoms. The quantitative estimate of drug-likeness (QED) is 0.149. The number of amides is 1. The number of hydrogen-bond acceptors (Lipinski definition) is 13. The summed E-state index contributed by atoms with van der Waals surface area (Å²) in [5.41, 5.74) is -4.27. The molecule has 0 saturated carbocycles. The molecule has 0 radical (unpaired) electrons. The summed E-state index contributed by atoms with van der Waals surface area (Å²) in [5.74, 6) is -3.36. The highest BCUT2D eigenvalue weighted by atomic mass is 32.3. The fourth-order valence-corrected chi connectivity index (χ4v) is 6.64. The molecule has 5 N–H and O–H groups in total. The maximum atomic E-state index is 13.8. The molecular formula is C21H18F3N3O14S4. The highest BCUT2D eigenvalue weighted by Crippen LogP contribution is 2.45. The topological polar surface area (TPSA) is 281 Å². The number of anilines is 1. The number of sulfone groups is 1. The minimum absolute atomic E-state index is 0.145. The minimum Gasteiger partial charge on any atom is -0.505 e. The number of phenols is 1. The summed E-state index contributed by atoms with van der Waals surface area (Å²) in [5, 5.41) is 18.8. The average molecular weight is 722 g/mol. The molecule has 0 aliphatic carbocycles. The van der Waals surface area contributed by atoms with Crippen LogP contribution in [0, 0.1) is 0 Å². The fraction of sp³-hybridized carbons (Fsp3) is 0.190.